The average Bonchev–Trinajstić information content (AvgIpc) is 3.50. The van der Waals surface area contributed by atoms with Crippen LogP contribution in [-0.2, 0) is 17.6 Å². The minimum absolute atomic E-state index is 0.0125. The zero-order chi connectivity index (χ0) is 29.1. The van der Waals surface area contributed by atoms with Crippen LogP contribution < -0.4 is 5.56 Å². The van der Waals surface area contributed by atoms with Gasteiger partial charge in [0.25, 0.3) is 5.56 Å². The van der Waals surface area contributed by atoms with Crippen molar-refractivity contribution in [3.8, 4) is 17.2 Å². The minimum atomic E-state index is -0.752. The number of aliphatic hydroxyl groups is 1. The molecular formula is C33H38N6O3. The predicted octanol–water partition coefficient (Wildman–Crippen LogP) is 4.15. The van der Waals surface area contributed by atoms with Gasteiger partial charge in [0.1, 0.15) is 6.33 Å². The van der Waals surface area contributed by atoms with Gasteiger partial charge < -0.3 is 9.84 Å². The summed E-state index contributed by atoms with van der Waals surface area (Å²) in [4.78, 5) is 21.1. The van der Waals surface area contributed by atoms with E-state index in [1.54, 1.807) is 0 Å². The molecule has 2 aromatic carbocycles. The maximum Gasteiger partial charge on any atom is 0.259 e. The van der Waals surface area contributed by atoms with E-state index in [1.807, 2.05) is 57.6 Å². The van der Waals surface area contributed by atoms with Crippen LogP contribution in [0.4, 0.5) is 0 Å². The summed E-state index contributed by atoms with van der Waals surface area (Å²) in [5.74, 6) is 0.583. The van der Waals surface area contributed by atoms with Gasteiger partial charge in [0.2, 0.25) is 5.78 Å². The number of β-amino-alcohol motifs (C(OH)–C–C–N with tert-alkyl or cyclic N) is 1. The number of nitriles is 1. The molecule has 4 aromatic rings. The Hall–Kier alpha value is -3.84. The van der Waals surface area contributed by atoms with Crippen molar-refractivity contribution in [3.05, 3.63) is 87.6 Å². The summed E-state index contributed by atoms with van der Waals surface area (Å²) >= 11 is 0. The fourth-order valence-corrected chi connectivity index (χ4v) is 6.65. The Morgan fingerprint density at radius 3 is 2.55 bits per heavy atom. The molecule has 6 rings (SSSR count). The molecule has 9 nitrogen and oxygen atoms in total. The molecule has 1 aliphatic heterocycles. The summed E-state index contributed by atoms with van der Waals surface area (Å²) < 4.78 is 9.17. The van der Waals surface area contributed by atoms with Gasteiger partial charge in [0.05, 0.1) is 36.1 Å². The summed E-state index contributed by atoms with van der Waals surface area (Å²) in [7, 11) is 0. The van der Waals surface area contributed by atoms with Crippen LogP contribution in [0.3, 0.4) is 0 Å². The van der Waals surface area contributed by atoms with Crippen molar-refractivity contribution in [2.24, 2.45) is 0 Å². The second-order valence-corrected chi connectivity index (χ2v) is 11.7. The summed E-state index contributed by atoms with van der Waals surface area (Å²) in [5, 5.41) is 25.5. The zero-order valence-electron chi connectivity index (χ0n) is 24.2. The van der Waals surface area contributed by atoms with Gasteiger partial charge in [0, 0.05) is 37.7 Å². The van der Waals surface area contributed by atoms with Crippen molar-refractivity contribution >= 4 is 5.78 Å². The third kappa shape index (κ3) is 5.62. The Labute approximate surface area is 246 Å². The van der Waals surface area contributed by atoms with E-state index in [1.165, 1.54) is 6.33 Å². The molecule has 0 bridgehead atoms. The summed E-state index contributed by atoms with van der Waals surface area (Å²) in [6.45, 7) is 5.87. The lowest BCUT2D eigenvalue weighted by Crippen LogP contribution is -2.49. The molecule has 0 unspecified atom stereocenters. The van der Waals surface area contributed by atoms with Crippen molar-refractivity contribution in [1.29, 1.82) is 5.26 Å². The van der Waals surface area contributed by atoms with Gasteiger partial charge >= 0.3 is 0 Å². The first-order valence-corrected chi connectivity index (χ1v) is 15.1. The molecule has 9 heteroatoms. The van der Waals surface area contributed by atoms with E-state index in [4.69, 9.17) is 4.74 Å². The molecule has 2 aliphatic rings. The Morgan fingerprint density at radius 2 is 1.83 bits per heavy atom. The fraction of sp³-hybridized carbons (Fsp3) is 0.455. The molecule has 2 fully saturated rings. The van der Waals surface area contributed by atoms with Crippen LogP contribution >= 0.6 is 0 Å². The largest absolute Gasteiger partial charge is 0.389 e. The van der Waals surface area contributed by atoms with Crippen LogP contribution in [0.1, 0.15) is 67.5 Å². The highest BCUT2D eigenvalue weighted by atomic mass is 16.5. The number of nitrogens with zero attached hydrogens (tertiary/aromatic N) is 6. The van der Waals surface area contributed by atoms with Crippen molar-refractivity contribution in [2.75, 3.05) is 32.8 Å². The molecule has 2 aromatic heterocycles. The Morgan fingerprint density at radius 1 is 1.10 bits per heavy atom. The number of benzene rings is 2. The molecule has 0 radical (unpaired) electrons. The van der Waals surface area contributed by atoms with E-state index in [0.717, 1.165) is 53.9 Å². The van der Waals surface area contributed by atoms with Gasteiger partial charge in [-0.15, -0.1) is 0 Å². The summed E-state index contributed by atoms with van der Waals surface area (Å²) in [5.41, 5.74) is 4.42. The normalized spacial score (nSPS) is 21.4. The second-order valence-electron chi connectivity index (χ2n) is 11.7. The number of aryl methyl sites for hydroxylation is 1. The van der Waals surface area contributed by atoms with Crippen LogP contribution in [-0.4, -0.2) is 67.6 Å². The van der Waals surface area contributed by atoms with Crippen molar-refractivity contribution in [2.45, 2.75) is 63.5 Å². The molecule has 0 atom stereocenters. The molecule has 42 heavy (non-hydrogen) atoms. The molecule has 1 aliphatic carbocycles. The molecule has 3 heterocycles. The highest BCUT2D eigenvalue weighted by Gasteiger charge is 2.37. The van der Waals surface area contributed by atoms with Gasteiger partial charge in [-0.1, -0.05) is 55.8 Å². The maximum absolute atomic E-state index is 14.3. The molecule has 1 saturated heterocycles. The Balaban J connectivity index is 1.30. The maximum atomic E-state index is 14.3. The first-order chi connectivity index (χ1) is 20.5. The minimum Gasteiger partial charge on any atom is -0.389 e. The number of hydrogen-bond donors (Lipinski definition) is 1. The van der Waals surface area contributed by atoms with Crippen LogP contribution in [0.15, 0.2) is 59.7 Å². The SMILES string of the molecule is CCCc1c(Cc2ccc(-c3ccccc3C#N)cc2)c(=O)n([C@H]2CC[C@@](O)(CN3CCOCC3)CC2)c2ncnn12. The predicted molar refractivity (Wildman–Crippen MR) is 160 cm³/mol. The van der Waals surface area contributed by atoms with E-state index in [9.17, 15) is 15.2 Å². The number of ether oxygens (including phenoxy) is 1. The van der Waals surface area contributed by atoms with Gasteiger partial charge in [0.15, 0.2) is 0 Å². The van der Waals surface area contributed by atoms with Crippen molar-refractivity contribution in [1.82, 2.24) is 24.1 Å². The lowest BCUT2D eigenvalue weighted by atomic mass is 9.81. The number of hydrogen-bond acceptors (Lipinski definition) is 7. The van der Waals surface area contributed by atoms with Crippen LogP contribution in [0.25, 0.3) is 16.9 Å². The first kappa shape index (κ1) is 28.3. The highest BCUT2D eigenvalue weighted by molar-refractivity contribution is 5.70. The van der Waals surface area contributed by atoms with Crippen molar-refractivity contribution < 1.29 is 9.84 Å². The van der Waals surface area contributed by atoms with Gasteiger partial charge in [-0.25, -0.2) is 4.52 Å². The quantitative estimate of drug-likeness (QED) is 0.341. The van der Waals surface area contributed by atoms with E-state index >= 15 is 0 Å². The van der Waals surface area contributed by atoms with E-state index in [-0.39, 0.29) is 11.6 Å². The third-order valence-corrected chi connectivity index (χ3v) is 8.88. The molecular weight excluding hydrogens is 528 g/mol. The lowest BCUT2D eigenvalue weighted by molar-refractivity contribution is -0.0569. The lowest BCUT2D eigenvalue weighted by Gasteiger charge is -2.40. The number of aromatic nitrogens is 4. The average molecular weight is 567 g/mol. The fourth-order valence-electron chi connectivity index (χ4n) is 6.65. The molecule has 0 amide bonds. The van der Waals surface area contributed by atoms with Crippen LogP contribution in [0, 0.1) is 11.3 Å². The van der Waals surface area contributed by atoms with E-state index in [0.29, 0.717) is 63.2 Å². The monoisotopic (exact) mass is 566 g/mol. The first-order valence-electron chi connectivity index (χ1n) is 15.1. The topological polar surface area (TPSA) is 109 Å². The molecule has 0 spiro atoms. The summed E-state index contributed by atoms with van der Waals surface area (Å²) in [6.07, 6.45) is 6.33. The zero-order valence-corrected chi connectivity index (χ0v) is 24.2. The molecule has 1 saturated carbocycles. The van der Waals surface area contributed by atoms with Gasteiger partial charge in [-0.05, 0) is 54.9 Å². The Kier molecular flexibility index (Phi) is 8.20. The Bertz CT molecular complexity index is 1640. The smallest absolute Gasteiger partial charge is 0.259 e. The molecule has 1 N–H and O–H groups in total. The highest BCUT2D eigenvalue weighted by Crippen LogP contribution is 2.36. The van der Waals surface area contributed by atoms with E-state index in [2.05, 4.69) is 28.0 Å². The number of morpholine rings is 1. The van der Waals surface area contributed by atoms with Crippen LogP contribution in [0.5, 0.6) is 0 Å². The van der Waals surface area contributed by atoms with Crippen molar-refractivity contribution in [3.63, 3.8) is 0 Å². The number of rotatable bonds is 8. The van der Waals surface area contributed by atoms with Gasteiger partial charge in [-0.3, -0.25) is 14.3 Å². The molecule has 218 valence electrons. The third-order valence-electron chi connectivity index (χ3n) is 8.88. The van der Waals surface area contributed by atoms with E-state index < -0.39 is 5.60 Å². The number of fused-ring (bicyclic) bond motifs is 1. The summed E-state index contributed by atoms with van der Waals surface area (Å²) in [6, 6.07) is 17.9. The van der Waals surface area contributed by atoms with Gasteiger partial charge in [-0.2, -0.15) is 15.3 Å². The van der Waals surface area contributed by atoms with Crippen LogP contribution in [0.2, 0.25) is 0 Å². The second kappa shape index (κ2) is 12.2. The standard InChI is InChI=1S/C33H38N6O3/c1-2-5-30-29(20-24-8-10-25(11-9-24)28-7-4-3-6-26(28)21-34)31(40)38(32-35-23-36-39(30)32)27-12-14-33(41,15-13-27)22-37-16-18-42-19-17-37/h3-4,6-11,23,27,41H,2,5,12-20,22H2,1H3/t27-,33-.